The first-order chi connectivity index (χ1) is 12.6. The molecule has 0 radical (unpaired) electrons. The van der Waals surface area contributed by atoms with Crippen LogP contribution in [0.4, 0.5) is 0 Å². The highest BCUT2D eigenvalue weighted by Crippen LogP contribution is 2.12. The fourth-order valence-corrected chi connectivity index (χ4v) is 1.98. The van der Waals surface area contributed by atoms with Gasteiger partial charge in [0.1, 0.15) is 0 Å². The highest BCUT2D eigenvalue weighted by molar-refractivity contribution is 4.58. The number of hydrogen-bond donors (Lipinski definition) is 0. The van der Waals surface area contributed by atoms with Gasteiger partial charge in [-0.2, -0.15) is 0 Å². The fraction of sp³-hybridized carbons (Fsp3) is 1.00. The predicted octanol–water partition coefficient (Wildman–Crippen LogP) is 3.32. The Morgan fingerprint density at radius 3 is 1.23 bits per heavy atom. The highest BCUT2D eigenvalue weighted by Gasteiger charge is 2.09. The van der Waals surface area contributed by atoms with Crippen molar-refractivity contribution < 1.29 is 28.4 Å². The third kappa shape index (κ3) is 23.8. The molecule has 0 spiro atoms. The van der Waals surface area contributed by atoms with Crippen molar-refractivity contribution in [3.05, 3.63) is 0 Å². The zero-order valence-corrected chi connectivity index (χ0v) is 17.6. The Morgan fingerprint density at radius 2 is 0.808 bits per heavy atom. The summed E-state index contributed by atoms with van der Waals surface area (Å²) in [4.78, 5) is 0. The molecule has 0 aromatic heterocycles. The van der Waals surface area contributed by atoms with E-state index in [1.54, 1.807) is 7.11 Å². The van der Waals surface area contributed by atoms with Crippen LogP contribution in [0, 0.1) is 5.41 Å². The van der Waals surface area contributed by atoms with Crippen molar-refractivity contribution >= 4 is 0 Å². The lowest BCUT2D eigenvalue weighted by Gasteiger charge is -2.17. The van der Waals surface area contributed by atoms with E-state index in [1.807, 2.05) is 0 Å². The van der Waals surface area contributed by atoms with E-state index in [1.165, 1.54) is 0 Å². The lowest BCUT2D eigenvalue weighted by atomic mass is 9.99. The van der Waals surface area contributed by atoms with Gasteiger partial charge in [0.2, 0.25) is 0 Å². The van der Waals surface area contributed by atoms with Crippen LogP contribution in [0.2, 0.25) is 0 Å². The van der Waals surface area contributed by atoms with E-state index in [0.717, 1.165) is 58.7 Å². The maximum atomic E-state index is 5.61. The minimum absolute atomic E-state index is 0.224. The molecular formula is C20H42O6. The van der Waals surface area contributed by atoms with Crippen LogP contribution in [-0.4, -0.2) is 79.8 Å². The minimum Gasteiger partial charge on any atom is -0.382 e. The summed E-state index contributed by atoms with van der Waals surface area (Å²) in [7, 11) is 1.67. The van der Waals surface area contributed by atoms with Crippen molar-refractivity contribution in [2.45, 2.75) is 46.5 Å². The standard InChI is InChI=1S/C20H42O6/c1-20(2,3)19-26-18-17-24-12-8-6-10-22-9-5-7-11-23-15-16-25-14-13-21-4/h5-19H2,1-4H3. The molecule has 0 saturated heterocycles. The molecule has 6 heteroatoms. The fourth-order valence-electron chi connectivity index (χ4n) is 1.98. The SMILES string of the molecule is COCCOCCOCCCCOCCCCOCCOCC(C)(C)C. The zero-order chi connectivity index (χ0) is 19.3. The van der Waals surface area contributed by atoms with Crippen molar-refractivity contribution in [3.63, 3.8) is 0 Å². The summed E-state index contributed by atoms with van der Waals surface area (Å²) in [5, 5.41) is 0. The number of unbranched alkanes of at least 4 members (excludes halogenated alkanes) is 2. The molecule has 158 valence electrons. The Bertz CT molecular complexity index is 268. The van der Waals surface area contributed by atoms with E-state index in [2.05, 4.69) is 20.8 Å². The molecule has 0 amide bonds. The molecule has 0 aromatic carbocycles. The van der Waals surface area contributed by atoms with Gasteiger partial charge in [-0.1, -0.05) is 20.8 Å². The first kappa shape index (κ1) is 25.8. The van der Waals surface area contributed by atoms with Crippen LogP contribution >= 0.6 is 0 Å². The Balaban J connectivity index is 3.01. The number of hydrogen-bond acceptors (Lipinski definition) is 6. The summed E-state index contributed by atoms with van der Waals surface area (Å²) in [6.07, 6.45) is 4.13. The third-order valence-corrected chi connectivity index (χ3v) is 3.37. The van der Waals surface area contributed by atoms with Crippen molar-refractivity contribution in [3.8, 4) is 0 Å². The average molecular weight is 379 g/mol. The molecule has 0 heterocycles. The molecule has 0 atom stereocenters. The lowest BCUT2D eigenvalue weighted by Crippen LogP contribution is -2.17. The van der Waals surface area contributed by atoms with Crippen LogP contribution in [-0.2, 0) is 28.4 Å². The molecule has 0 aliphatic rings. The second-order valence-corrected chi connectivity index (χ2v) is 7.47. The maximum absolute atomic E-state index is 5.61. The molecule has 6 nitrogen and oxygen atoms in total. The zero-order valence-electron chi connectivity index (χ0n) is 17.6. The Kier molecular flexibility index (Phi) is 19.3. The summed E-state index contributed by atoms with van der Waals surface area (Å²) in [5.41, 5.74) is 0.224. The van der Waals surface area contributed by atoms with Crippen LogP contribution in [0.25, 0.3) is 0 Å². The van der Waals surface area contributed by atoms with E-state index in [9.17, 15) is 0 Å². The minimum atomic E-state index is 0.224. The van der Waals surface area contributed by atoms with Gasteiger partial charge in [0.05, 0.1) is 46.2 Å². The molecule has 0 bridgehead atoms. The quantitative estimate of drug-likeness (QED) is 0.303. The molecule has 0 aromatic rings. The predicted molar refractivity (Wildman–Crippen MR) is 104 cm³/mol. The summed E-state index contributed by atoms with van der Waals surface area (Å²) in [6.45, 7) is 14.3. The van der Waals surface area contributed by atoms with Gasteiger partial charge >= 0.3 is 0 Å². The van der Waals surface area contributed by atoms with Crippen LogP contribution in [0.15, 0.2) is 0 Å². The molecular weight excluding hydrogens is 336 g/mol. The Labute approximate surface area is 160 Å². The van der Waals surface area contributed by atoms with Gasteiger partial charge in [-0.3, -0.25) is 0 Å². The van der Waals surface area contributed by atoms with Crippen molar-refractivity contribution in [1.29, 1.82) is 0 Å². The Hall–Kier alpha value is -0.240. The normalized spacial score (nSPS) is 12.0. The monoisotopic (exact) mass is 378 g/mol. The number of ether oxygens (including phenoxy) is 6. The molecule has 0 rings (SSSR count). The van der Waals surface area contributed by atoms with Crippen LogP contribution in [0.5, 0.6) is 0 Å². The van der Waals surface area contributed by atoms with E-state index < -0.39 is 0 Å². The van der Waals surface area contributed by atoms with Crippen molar-refractivity contribution in [1.82, 2.24) is 0 Å². The summed E-state index contributed by atoms with van der Waals surface area (Å²) < 4.78 is 32.4. The highest BCUT2D eigenvalue weighted by atomic mass is 16.5. The first-order valence-corrected chi connectivity index (χ1v) is 9.94. The second-order valence-electron chi connectivity index (χ2n) is 7.47. The van der Waals surface area contributed by atoms with Crippen LogP contribution in [0.1, 0.15) is 46.5 Å². The second kappa shape index (κ2) is 19.5. The average Bonchev–Trinajstić information content (AvgIpc) is 2.59. The Morgan fingerprint density at radius 1 is 0.462 bits per heavy atom. The van der Waals surface area contributed by atoms with E-state index >= 15 is 0 Å². The van der Waals surface area contributed by atoms with Gasteiger partial charge in [0, 0.05) is 33.5 Å². The molecule has 0 fully saturated rings. The number of methoxy groups -OCH3 is 1. The first-order valence-electron chi connectivity index (χ1n) is 9.94. The van der Waals surface area contributed by atoms with E-state index in [0.29, 0.717) is 39.6 Å². The van der Waals surface area contributed by atoms with Crippen molar-refractivity contribution in [2.24, 2.45) is 5.41 Å². The maximum Gasteiger partial charge on any atom is 0.0701 e. The molecule has 0 N–H and O–H groups in total. The largest absolute Gasteiger partial charge is 0.382 e. The molecule has 0 aliphatic carbocycles. The van der Waals surface area contributed by atoms with E-state index in [4.69, 9.17) is 28.4 Å². The molecule has 26 heavy (non-hydrogen) atoms. The van der Waals surface area contributed by atoms with Crippen LogP contribution in [0.3, 0.4) is 0 Å². The van der Waals surface area contributed by atoms with Crippen LogP contribution < -0.4 is 0 Å². The topological polar surface area (TPSA) is 55.4 Å². The van der Waals surface area contributed by atoms with Gasteiger partial charge < -0.3 is 28.4 Å². The van der Waals surface area contributed by atoms with E-state index in [-0.39, 0.29) is 5.41 Å². The summed E-state index contributed by atoms with van der Waals surface area (Å²) in [6, 6.07) is 0. The van der Waals surface area contributed by atoms with Gasteiger partial charge in [0.25, 0.3) is 0 Å². The lowest BCUT2D eigenvalue weighted by molar-refractivity contribution is 0.0166. The van der Waals surface area contributed by atoms with Gasteiger partial charge in [-0.15, -0.1) is 0 Å². The number of rotatable bonds is 20. The third-order valence-electron chi connectivity index (χ3n) is 3.37. The smallest absolute Gasteiger partial charge is 0.0701 e. The van der Waals surface area contributed by atoms with Gasteiger partial charge in [-0.05, 0) is 31.1 Å². The summed E-state index contributed by atoms with van der Waals surface area (Å²) >= 11 is 0. The molecule has 0 aliphatic heterocycles. The van der Waals surface area contributed by atoms with Gasteiger partial charge in [0.15, 0.2) is 0 Å². The summed E-state index contributed by atoms with van der Waals surface area (Å²) in [5.74, 6) is 0. The van der Waals surface area contributed by atoms with Gasteiger partial charge in [-0.25, -0.2) is 0 Å². The molecule has 0 saturated carbocycles. The molecule has 0 unspecified atom stereocenters. The van der Waals surface area contributed by atoms with Crippen molar-refractivity contribution in [2.75, 3.05) is 79.8 Å².